The molecule has 0 aliphatic heterocycles. The maximum atomic E-state index is 5.26. The van der Waals surface area contributed by atoms with Crippen LogP contribution in [0.3, 0.4) is 0 Å². The third-order valence-corrected chi connectivity index (χ3v) is 10.9. The number of aromatic nitrogens is 3. The smallest absolute Gasteiger partial charge is 0.160 e. The van der Waals surface area contributed by atoms with Crippen LogP contribution in [-0.2, 0) is 0 Å². The summed E-state index contributed by atoms with van der Waals surface area (Å²) in [6.45, 7) is 0. The lowest BCUT2D eigenvalue weighted by atomic mass is 9.97. The SMILES string of the molecule is c1ccc(-c2cccc(-c3cc(-c4ccc(-c5nc6ccccc6c6c5ccc5c7ccccc7sc56)cc4)nc(-c4ccccc4)n3)c2)cc1. The summed E-state index contributed by atoms with van der Waals surface area (Å²) < 4.78 is 2.61. The predicted octanol–water partition coefficient (Wildman–Crippen LogP) is 12.9. The van der Waals surface area contributed by atoms with Gasteiger partial charge < -0.3 is 0 Å². The molecule has 0 saturated heterocycles. The van der Waals surface area contributed by atoms with Gasteiger partial charge in [0.1, 0.15) is 0 Å². The molecule has 0 saturated carbocycles. The zero-order valence-electron chi connectivity index (χ0n) is 27.5. The summed E-state index contributed by atoms with van der Waals surface area (Å²) in [5.41, 5.74) is 10.2. The highest BCUT2D eigenvalue weighted by atomic mass is 32.1. The minimum atomic E-state index is 0.701. The van der Waals surface area contributed by atoms with Crippen LogP contribution in [-0.4, -0.2) is 15.0 Å². The van der Waals surface area contributed by atoms with Gasteiger partial charge in [-0.05, 0) is 35.4 Å². The summed E-state index contributed by atoms with van der Waals surface area (Å²) in [5, 5.41) is 6.21. The Balaban J connectivity index is 1.11. The summed E-state index contributed by atoms with van der Waals surface area (Å²) in [5.74, 6) is 0.701. The molecule has 3 nitrogen and oxygen atoms in total. The third-order valence-electron chi connectivity index (χ3n) is 9.69. The Kier molecular flexibility index (Phi) is 7.00. The lowest BCUT2D eigenvalue weighted by Crippen LogP contribution is -1.96. The molecule has 51 heavy (non-hydrogen) atoms. The van der Waals surface area contributed by atoms with Gasteiger partial charge in [0.15, 0.2) is 5.82 Å². The minimum absolute atomic E-state index is 0.701. The van der Waals surface area contributed by atoms with Crippen molar-refractivity contribution < 1.29 is 0 Å². The second-order valence-corrected chi connectivity index (χ2v) is 13.8. The highest BCUT2D eigenvalue weighted by Crippen LogP contribution is 2.43. The van der Waals surface area contributed by atoms with Crippen LogP contribution in [0.25, 0.3) is 98.1 Å². The van der Waals surface area contributed by atoms with Crippen LogP contribution in [0.15, 0.2) is 176 Å². The highest BCUT2D eigenvalue weighted by Gasteiger charge is 2.17. The average molecular weight is 668 g/mol. The van der Waals surface area contributed by atoms with Crippen LogP contribution in [0.5, 0.6) is 0 Å². The molecule has 0 aliphatic carbocycles. The molecule has 0 radical (unpaired) electrons. The van der Waals surface area contributed by atoms with Crippen molar-refractivity contribution in [2.45, 2.75) is 0 Å². The molecule has 7 aromatic carbocycles. The summed E-state index contributed by atoms with van der Waals surface area (Å²) in [4.78, 5) is 15.4. The first kappa shape index (κ1) is 29.4. The van der Waals surface area contributed by atoms with Crippen molar-refractivity contribution in [3.05, 3.63) is 176 Å². The van der Waals surface area contributed by atoms with Gasteiger partial charge in [0.25, 0.3) is 0 Å². The number of thiophene rings is 1. The highest BCUT2D eigenvalue weighted by molar-refractivity contribution is 7.26. The number of para-hydroxylation sites is 1. The van der Waals surface area contributed by atoms with E-state index in [1.807, 2.05) is 35.6 Å². The number of nitrogens with zero attached hydrogens (tertiary/aromatic N) is 3. The van der Waals surface area contributed by atoms with Crippen molar-refractivity contribution in [3.8, 4) is 56.3 Å². The Morgan fingerprint density at radius 3 is 1.76 bits per heavy atom. The van der Waals surface area contributed by atoms with Crippen LogP contribution < -0.4 is 0 Å². The molecule has 0 unspecified atom stereocenters. The zero-order chi connectivity index (χ0) is 33.7. The second kappa shape index (κ2) is 12.1. The minimum Gasteiger partial charge on any atom is -0.247 e. The number of pyridine rings is 1. The number of benzene rings is 7. The Hall–Kier alpha value is -6.49. The fraction of sp³-hybridized carbons (Fsp3) is 0. The van der Waals surface area contributed by atoms with Crippen molar-refractivity contribution in [1.29, 1.82) is 0 Å². The monoisotopic (exact) mass is 667 g/mol. The van der Waals surface area contributed by atoms with Gasteiger partial charge in [0.2, 0.25) is 0 Å². The van der Waals surface area contributed by atoms with Gasteiger partial charge in [0.05, 0.1) is 22.6 Å². The van der Waals surface area contributed by atoms with Gasteiger partial charge in [-0.3, -0.25) is 0 Å². The first-order valence-electron chi connectivity index (χ1n) is 17.1. The van der Waals surface area contributed by atoms with Gasteiger partial charge in [-0.25, -0.2) is 15.0 Å². The topological polar surface area (TPSA) is 38.7 Å². The summed E-state index contributed by atoms with van der Waals surface area (Å²) in [6, 6.07) is 61.8. The van der Waals surface area contributed by atoms with E-state index < -0.39 is 0 Å². The second-order valence-electron chi connectivity index (χ2n) is 12.8. The Labute approximate surface area is 299 Å². The van der Waals surface area contributed by atoms with E-state index in [-0.39, 0.29) is 0 Å². The zero-order valence-corrected chi connectivity index (χ0v) is 28.3. The fourth-order valence-electron chi connectivity index (χ4n) is 7.18. The van der Waals surface area contributed by atoms with Crippen LogP contribution in [0, 0.1) is 0 Å². The molecule has 3 heterocycles. The van der Waals surface area contributed by atoms with E-state index in [0.717, 1.165) is 55.8 Å². The lowest BCUT2D eigenvalue weighted by Gasteiger charge is -2.13. The first-order valence-corrected chi connectivity index (χ1v) is 17.9. The van der Waals surface area contributed by atoms with E-state index in [1.54, 1.807) is 0 Å². The first-order chi connectivity index (χ1) is 25.3. The summed E-state index contributed by atoms with van der Waals surface area (Å²) >= 11 is 1.87. The molecule has 0 amide bonds. The maximum Gasteiger partial charge on any atom is 0.160 e. The predicted molar refractivity (Wildman–Crippen MR) is 215 cm³/mol. The third kappa shape index (κ3) is 5.16. The number of hydrogen-bond donors (Lipinski definition) is 0. The Morgan fingerprint density at radius 2 is 0.961 bits per heavy atom. The Morgan fingerprint density at radius 1 is 0.353 bits per heavy atom. The lowest BCUT2D eigenvalue weighted by molar-refractivity contribution is 1.18. The van der Waals surface area contributed by atoms with Gasteiger partial charge >= 0.3 is 0 Å². The van der Waals surface area contributed by atoms with E-state index >= 15 is 0 Å². The molecular formula is C47H29N3S. The van der Waals surface area contributed by atoms with Crippen molar-refractivity contribution in [3.63, 3.8) is 0 Å². The largest absolute Gasteiger partial charge is 0.247 e. The molecule has 3 aromatic heterocycles. The molecular weight excluding hydrogens is 639 g/mol. The number of hydrogen-bond acceptors (Lipinski definition) is 4. The number of rotatable bonds is 5. The molecule has 10 rings (SSSR count). The van der Waals surface area contributed by atoms with Gasteiger partial charge in [-0.1, -0.05) is 152 Å². The molecule has 10 aromatic rings. The molecule has 0 atom stereocenters. The van der Waals surface area contributed by atoms with Crippen molar-refractivity contribution >= 4 is 53.2 Å². The van der Waals surface area contributed by atoms with Crippen molar-refractivity contribution in [2.75, 3.05) is 0 Å². The molecule has 0 aliphatic rings. The van der Waals surface area contributed by atoms with Crippen molar-refractivity contribution in [2.24, 2.45) is 0 Å². The van der Waals surface area contributed by atoms with Gasteiger partial charge in [0, 0.05) is 58.6 Å². The molecule has 0 fully saturated rings. The summed E-state index contributed by atoms with van der Waals surface area (Å²) in [7, 11) is 0. The normalized spacial score (nSPS) is 11.5. The molecule has 0 N–H and O–H groups in total. The van der Waals surface area contributed by atoms with E-state index in [4.69, 9.17) is 15.0 Å². The Bertz CT molecular complexity index is 2900. The molecule has 0 spiro atoms. The van der Waals surface area contributed by atoms with Crippen LogP contribution in [0.1, 0.15) is 0 Å². The van der Waals surface area contributed by atoms with Gasteiger partial charge in [-0.15, -0.1) is 11.3 Å². The summed E-state index contributed by atoms with van der Waals surface area (Å²) in [6.07, 6.45) is 0. The fourth-order valence-corrected chi connectivity index (χ4v) is 8.45. The standard InChI is InChI=1S/C47H29N3S/c1-3-12-30(13-4-1)34-16-11-17-35(28-34)42-29-41(49-47(50-42)33-14-5-2-6-15-33)31-22-24-32(25-23-31)45-39-27-26-37-36-18-8-10-21-43(36)51-46(37)44(39)38-19-7-9-20-40(38)48-45/h1-29H. The van der Waals surface area contributed by atoms with E-state index in [9.17, 15) is 0 Å². The van der Waals surface area contributed by atoms with Crippen LogP contribution in [0.2, 0.25) is 0 Å². The molecule has 238 valence electrons. The maximum absolute atomic E-state index is 5.26. The van der Waals surface area contributed by atoms with E-state index in [2.05, 4.69) is 152 Å². The molecule has 4 heteroatoms. The number of fused-ring (bicyclic) bond motifs is 7. The van der Waals surface area contributed by atoms with E-state index in [0.29, 0.717) is 5.82 Å². The van der Waals surface area contributed by atoms with Crippen molar-refractivity contribution in [1.82, 2.24) is 15.0 Å². The van der Waals surface area contributed by atoms with Crippen LogP contribution >= 0.6 is 11.3 Å². The molecule has 0 bridgehead atoms. The average Bonchev–Trinajstić information content (AvgIpc) is 3.60. The van der Waals surface area contributed by atoms with E-state index in [1.165, 1.54) is 36.5 Å². The quantitative estimate of drug-likeness (QED) is 0.171. The van der Waals surface area contributed by atoms with Gasteiger partial charge in [-0.2, -0.15) is 0 Å². The van der Waals surface area contributed by atoms with Crippen LogP contribution in [0.4, 0.5) is 0 Å².